The first kappa shape index (κ1) is 12.8. The smallest absolute Gasteiger partial charge is 0.0702 e. The number of aryl methyl sites for hydroxylation is 1. The molecule has 0 aliphatic heterocycles. The molecular weight excluding hydrogens is 244 g/mol. The lowest BCUT2D eigenvalue weighted by molar-refractivity contribution is 0.692. The highest BCUT2D eigenvalue weighted by Crippen LogP contribution is 2.25. The molecule has 0 radical (unpaired) electrons. The summed E-state index contributed by atoms with van der Waals surface area (Å²) in [5.74, 6) is 0. The Morgan fingerprint density at radius 3 is 2.60 bits per heavy atom. The summed E-state index contributed by atoms with van der Waals surface area (Å²) in [4.78, 5) is 4.37. The van der Waals surface area contributed by atoms with Gasteiger partial charge in [0.1, 0.15) is 0 Å². The molecule has 1 aromatic heterocycles. The van der Waals surface area contributed by atoms with Crippen molar-refractivity contribution in [3.63, 3.8) is 0 Å². The third-order valence-corrected chi connectivity index (χ3v) is 3.62. The van der Waals surface area contributed by atoms with Crippen LogP contribution in [0.1, 0.15) is 22.7 Å². The van der Waals surface area contributed by atoms with E-state index in [0.29, 0.717) is 0 Å². The number of benzene rings is 2. The number of fused-ring (bicyclic) bond motifs is 1. The molecule has 20 heavy (non-hydrogen) atoms. The van der Waals surface area contributed by atoms with Gasteiger partial charge in [-0.3, -0.25) is 4.98 Å². The molecule has 2 aromatic carbocycles. The van der Waals surface area contributed by atoms with E-state index in [0.717, 1.165) is 5.52 Å². The summed E-state index contributed by atoms with van der Waals surface area (Å²) >= 11 is 0. The van der Waals surface area contributed by atoms with Crippen LogP contribution in [0.4, 0.5) is 0 Å². The van der Waals surface area contributed by atoms with E-state index in [-0.39, 0.29) is 6.04 Å². The molecule has 3 rings (SSSR count). The predicted molar refractivity (Wildman–Crippen MR) is 83.8 cm³/mol. The second-order valence-electron chi connectivity index (χ2n) is 5.09. The van der Waals surface area contributed by atoms with Crippen molar-refractivity contribution in [2.24, 2.45) is 0 Å². The molecule has 1 N–H and O–H groups in total. The van der Waals surface area contributed by atoms with E-state index in [1.165, 1.54) is 22.1 Å². The van der Waals surface area contributed by atoms with Gasteiger partial charge in [0.2, 0.25) is 0 Å². The molecule has 1 unspecified atom stereocenters. The van der Waals surface area contributed by atoms with E-state index < -0.39 is 0 Å². The predicted octanol–water partition coefficient (Wildman–Crippen LogP) is 3.85. The van der Waals surface area contributed by atoms with Gasteiger partial charge in [-0.1, -0.05) is 42.0 Å². The summed E-state index contributed by atoms with van der Waals surface area (Å²) in [6.07, 6.45) is 1.83. The van der Waals surface area contributed by atoms with Gasteiger partial charge in [0.05, 0.1) is 11.6 Å². The first-order chi connectivity index (χ1) is 9.78. The van der Waals surface area contributed by atoms with Crippen LogP contribution >= 0.6 is 0 Å². The van der Waals surface area contributed by atoms with E-state index in [4.69, 9.17) is 0 Å². The fourth-order valence-corrected chi connectivity index (χ4v) is 2.65. The molecule has 0 fully saturated rings. The minimum atomic E-state index is 0.208. The lowest BCUT2D eigenvalue weighted by atomic mass is 9.96. The zero-order valence-corrected chi connectivity index (χ0v) is 11.8. The lowest BCUT2D eigenvalue weighted by Crippen LogP contribution is -2.17. The van der Waals surface area contributed by atoms with Crippen LogP contribution in [0.25, 0.3) is 10.9 Å². The van der Waals surface area contributed by atoms with Gasteiger partial charge in [-0.2, -0.15) is 0 Å². The van der Waals surface area contributed by atoms with Gasteiger partial charge in [-0.05, 0) is 43.3 Å². The SMILES string of the molecule is CNC(c1cccc(C)c1)c1ccc2ncccc2c1. The Labute approximate surface area is 119 Å². The van der Waals surface area contributed by atoms with Crippen molar-refractivity contribution in [2.45, 2.75) is 13.0 Å². The zero-order chi connectivity index (χ0) is 13.9. The van der Waals surface area contributed by atoms with Crippen LogP contribution < -0.4 is 5.32 Å². The van der Waals surface area contributed by atoms with Crippen molar-refractivity contribution in [3.8, 4) is 0 Å². The molecule has 1 atom stereocenters. The Bertz CT molecular complexity index is 734. The molecule has 0 bridgehead atoms. The van der Waals surface area contributed by atoms with E-state index in [1.807, 2.05) is 19.3 Å². The topological polar surface area (TPSA) is 24.9 Å². The van der Waals surface area contributed by atoms with Gasteiger partial charge in [0.15, 0.2) is 0 Å². The minimum absolute atomic E-state index is 0.208. The van der Waals surface area contributed by atoms with Crippen molar-refractivity contribution in [1.29, 1.82) is 0 Å². The van der Waals surface area contributed by atoms with Crippen LogP contribution in [-0.2, 0) is 0 Å². The van der Waals surface area contributed by atoms with Gasteiger partial charge in [-0.25, -0.2) is 0 Å². The van der Waals surface area contributed by atoms with Gasteiger partial charge in [0, 0.05) is 11.6 Å². The highest BCUT2D eigenvalue weighted by molar-refractivity contribution is 5.79. The first-order valence-electron chi connectivity index (χ1n) is 6.86. The summed E-state index contributed by atoms with van der Waals surface area (Å²) in [6.45, 7) is 2.13. The van der Waals surface area contributed by atoms with Crippen molar-refractivity contribution in [1.82, 2.24) is 10.3 Å². The summed E-state index contributed by atoms with van der Waals surface area (Å²) in [5, 5.41) is 4.58. The number of pyridine rings is 1. The standard InChI is InChI=1S/C18H18N2/c1-13-5-3-6-15(11-13)18(19-2)16-8-9-17-14(12-16)7-4-10-20-17/h3-12,18-19H,1-2H3. The molecule has 0 aliphatic rings. The lowest BCUT2D eigenvalue weighted by Gasteiger charge is -2.18. The second-order valence-corrected chi connectivity index (χ2v) is 5.09. The van der Waals surface area contributed by atoms with E-state index in [1.54, 1.807) is 0 Å². The second kappa shape index (κ2) is 5.43. The van der Waals surface area contributed by atoms with Crippen molar-refractivity contribution in [2.75, 3.05) is 7.05 Å². The molecule has 0 saturated heterocycles. The maximum Gasteiger partial charge on any atom is 0.0702 e. The number of hydrogen-bond acceptors (Lipinski definition) is 2. The molecule has 3 aromatic rings. The molecule has 2 heteroatoms. The van der Waals surface area contributed by atoms with E-state index in [9.17, 15) is 0 Å². The Morgan fingerprint density at radius 1 is 0.950 bits per heavy atom. The first-order valence-corrected chi connectivity index (χ1v) is 6.86. The van der Waals surface area contributed by atoms with Crippen LogP contribution in [0, 0.1) is 6.92 Å². The maximum absolute atomic E-state index is 4.37. The molecular formula is C18H18N2. The van der Waals surface area contributed by atoms with Crippen molar-refractivity contribution < 1.29 is 0 Å². The Balaban J connectivity index is 2.07. The minimum Gasteiger partial charge on any atom is -0.309 e. The van der Waals surface area contributed by atoms with Crippen LogP contribution in [0.3, 0.4) is 0 Å². The summed E-state index contributed by atoms with van der Waals surface area (Å²) in [5.41, 5.74) is 4.87. The fourth-order valence-electron chi connectivity index (χ4n) is 2.65. The van der Waals surface area contributed by atoms with Crippen molar-refractivity contribution >= 4 is 10.9 Å². The number of nitrogens with zero attached hydrogens (tertiary/aromatic N) is 1. The highest BCUT2D eigenvalue weighted by Gasteiger charge is 2.12. The van der Waals surface area contributed by atoms with Crippen molar-refractivity contribution in [3.05, 3.63) is 77.5 Å². The van der Waals surface area contributed by atoms with Crippen LogP contribution in [0.2, 0.25) is 0 Å². The Kier molecular flexibility index (Phi) is 3.48. The molecule has 1 heterocycles. The number of rotatable bonds is 3. The van der Waals surface area contributed by atoms with Gasteiger partial charge in [-0.15, -0.1) is 0 Å². The molecule has 2 nitrogen and oxygen atoms in total. The molecule has 0 saturated carbocycles. The van der Waals surface area contributed by atoms with Crippen LogP contribution in [-0.4, -0.2) is 12.0 Å². The Hall–Kier alpha value is -2.19. The van der Waals surface area contributed by atoms with E-state index >= 15 is 0 Å². The zero-order valence-electron chi connectivity index (χ0n) is 11.8. The molecule has 0 amide bonds. The summed E-state index contributed by atoms with van der Waals surface area (Å²) in [7, 11) is 2.00. The van der Waals surface area contributed by atoms with Gasteiger partial charge >= 0.3 is 0 Å². The molecule has 0 aliphatic carbocycles. The normalized spacial score (nSPS) is 12.5. The van der Waals surface area contributed by atoms with Crippen LogP contribution in [0.5, 0.6) is 0 Å². The van der Waals surface area contributed by atoms with Crippen LogP contribution in [0.15, 0.2) is 60.8 Å². The third-order valence-electron chi connectivity index (χ3n) is 3.62. The molecule has 100 valence electrons. The average Bonchev–Trinajstić information content (AvgIpc) is 2.48. The van der Waals surface area contributed by atoms with Gasteiger partial charge in [0.25, 0.3) is 0 Å². The maximum atomic E-state index is 4.37. The monoisotopic (exact) mass is 262 g/mol. The third kappa shape index (κ3) is 2.43. The average molecular weight is 262 g/mol. The Morgan fingerprint density at radius 2 is 1.80 bits per heavy atom. The number of aromatic nitrogens is 1. The summed E-state index contributed by atoms with van der Waals surface area (Å²) in [6, 6.07) is 19.4. The number of hydrogen-bond donors (Lipinski definition) is 1. The highest BCUT2D eigenvalue weighted by atomic mass is 14.9. The van der Waals surface area contributed by atoms with E-state index in [2.05, 4.69) is 65.8 Å². The number of nitrogens with one attached hydrogen (secondary N) is 1. The molecule has 0 spiro atoms. The fraction of sp³-hybridized carbons (Fsp3) is 0.167. The summed E-state index contributed by atoms with van der Waals surface area (Å²) < 4.78 is 0. The quantitative estimate of drug-likeness (QED) is 0.775. The van der Waals surface area contributed by atoms with Gasteiger partial charge < -0.3 is 5.32 Å². The largest absolute Gasteiger partial charge is 0.309 e.